The fourth-order valence-corrected chi connectivity index (χ4v) is 3.07. The molecule has 0 spiro atoms. The van der Waals surface area contributed by atoms with Gasteiger partial charge in [-0.25, -0.2) is 23.7 Å². The van der Waals surface area contributed by atoms with Gasteiger partial charge in [-0.2, -0.15) is 0 Å². The van der Waals surface area contributed by atoms with Gasteiger partial charge >= 0.3 is 5.69 Å². The highest BCUT2D eigenvalue weighted by Gasteiger charge is 2.22. The Balaban J connectivity index is 2.07. The van der Waals surface area contributed by atoms with Crippen molar-refractivity contribution in [2.75, 3.05) is 6.61 Å². The number of rotatable bonds is 5. The SMILES string of the molecule is CCOc1ccccc1-c1nc(C(N)=O)c2[nH]c(=O)n(-c3ccccc3F)c2n1. The van der Waals surface area contributed by atoms with Gasteiger partial charge in [-0.1, -0.05) is 24.3 Å². The van der Waals surface area contributed by atoms with Crippen molar-refractivity contribution >= 4 is 17.1 Å². The van der Waals surface area contributed by atoms with Gasteiger partial charge in [-0.3, -0.25) is 4.79 Å². The van der Waals surface area contributed by atoms with Crippen LogP contribution in [0.4, 0.5) is 4.39 Å². The maximum absolute atomic E-state index is 14.4. The standard InChI is InChI=1S/C20H16FN5O3/c1-2-29-14-10-6-3-7-11(14)18-23-15(17(22)27)16-19(25-18)26(20(28)24-16)13-9-5-4-8-12(13)21/h3-10H,2H2,1H3,(H2,22,27)(H,24,28). The summed E-state index contributed by atoms with van der Waals surface area (Å²) in [6.07, 6.45) is 0. The number of para-hydroxylation sites is 2. The molecule has 2 heterocycles. The number of ether oxygens (including phenoxy) is 1. The van der Waals surface area contributed by atoms with Crippen LogP contribution in [0.5, 0.6) is 5.75 Å². The predicted molar refractivity (Wildman–Crippen MR) is 105 cm³/mol. The van der Waals surface area contributed by atoms with E-state index in [1.807, 2.05) is 6.92 Å². The Morgan fingerprint density at radius 3 is 2.62 bits per heavy atom. The molecule has 0 unspecified atom stereocenters. The Morgan fingerprint density at radius 1 is 1.17 bits per heavy atom. The molecule has 4 aromatic rings. The van der Waals surface area contributed by atoms with Crippen molar-refractivity contribution < 1.29 is 13.9 Å². The lowest BCUT2D eigenvalue weighted by Crippen LogP contribution is -2.16. The molecule has 0 atom stereocenters. The number of fused-ring (bicyclic) bond motifs is 1. The number of carbonyl (C=O) groups excluding carboxylic acids is 1. The van der Waals surface area contributed by atoms with Crippen LogP contribution in [0.15, 0.2) is 53.3 Å². The summed E-state index contributed by atoms with van der Waals surface area (Å²) in [5, 5.41) is 0. The molecule has 0 aliphatic rings. The van der Waals surface area contributed by atoms with Crippen LogP contribution in [0, 0.1) is 5.82 Å². The molecule has 0 saturated heterocycles. The first kappa shape index (κ1) is 18.4. The van der Waals surface area contributed by atoms with Crippen LogP contribution in [-0.4, -0.2) is 32.0 Å². The second-order valence-electron chi connectivity index (χ2n) is 6.10. The number of primary amides is 1. The highest BCUT2D eigenvalue weighted by molar-refractivity contribution is 6.02. The molecule has 2 aromatic carbocycles. The third kappa shape index (κ3) is 3.12. The number of benzene rings is 2. The van der Waals surface area contributed by atoms with E-state index in [-0.39, 0.29) is 28.4 Å². The van der Waals surface area contributed by atoms with Crippen LogP contribution in [0.3, 0.4) is 0 Å². The monoisotopic (exact) mass is 393 g/mol. The third-order valence-corrected chi connectivity index (χ3v) is 4.29. The van der Waals surface area contributed by atoms with E-state index in [2.05, 4.69) is 15.0 Å². The molecule has 8 nitrogen and oxygen atoms in total. The molecule has 0 bridgehead atoms. The average molecular weight is 393 g/mol. The maximum Gasteiger partial charge on any atom is 0.332 e. The number of nitrogens with two attached hydrogens (primary N) is 1. The minimum Gasteiger partial charge on any atom is -0.493 e. The highest BCUT2D eigenvalue weighted by Crippen LogP contribution is 2.29. The van der Waals surface area contributed by atoms with Crippen molar-refractivity contribution in [3.05, 3.63) is 70.5 Å². The van der Waals surface area contributed by atoms with Gasteiger partial charge < -0.3 is 15.5 Å². The number of aromatic nitrogens is 4. The molecule has 0 aliphatic heterocycles. The summed E-state index contributed by atoms with van der Waals surface area (Å²) in [5.74, 6) is -0.847. The number of aromatic amines is 1. The second-order valence-corrected chi connectivity index (χ2v) is 6.10. The van der Waals surface area contributed by atoms with Crippen LogP contribution in [0.25, 0.3) is 28.2 Å². The fraction of sp³-hybridized carbons (Fsp3) is 0.100. The minimum absolute atomic E-state index is 0.0121. The van der Waals surface area contributed by atoms with E-state index in [1.165, 1.54) is 18.2 Å². The van der Waals surface area contributed by atoms with Crippen molar-refractivity contribution in [1.82, 2.24) is 19.5 Å². The normalized spacial score (nSPS) is 11.0. The van der Waals surface area contributed by atoms with Gasteiger partial charge in [0, 0.05) is 0 Å². The van der Waals surface area contributed by atoms with Gasteiger partial charge in [0.05, 0.1) is 17.9 Å². The summed E-state index contributed by atoms with van der Waals surface area (Å²) in [6.45, 7) is 2.24. The van der Waals surface area contributed by atoms with Crippen molar-refractivity contribution in [2.24, 2.45) is 5.73 Å². The van der Waals surface area contributed by atoms with E-state index in [1.54, 1.807) is 30.3 Å². The topological polar surface area (TPSA) is 116 Å². The Kier molecular flexibility index (Phi) is 4.55. The Labute approximate surface area is 163 Å². The number of hydrogen-bond acceptors (Lipinski definition) is 5. The Morgan fingerprint density at radius 2 is 1.90 bits per heavy atom. The van der Waals surface area contributed by atoms with Crippen LogP contribution in [0.2, 0.25) is 0 Å². The zero-order valence-electron chi connectivity index (χ0n) is 15.3. The molecule has 146 valence electrons. The van der Waals surface area contributed by atoms with Crippen molar-refractivity contribution in [1.29, 1.82) is 0 Å². The summed E-state index contributed by atoms with van der Waals surface area (Å²) in [7, 11) is 0. The molecule has 0 radical (unpaired) electrons. The van der Waals surface area contributed by atoms with E-state index in [0.717, 1.165) is 4.57 Å². The molecular formula is C20H16FN5O3. The number of nitrogens with one attached hydrogen (secondary N) is 1. The molecule has 2 aromatic heterocycles. The first-order valence-corrected chi connectivity index (χ1v) is 8.81. The largest absolute Gasteiger partial charge is 0.493 e. The first-order valence-electron chi connectivity index (χ1n) is 8.81. The number of H-pyrrole nitrogens is 1. The number of halogens is 1. The van der Waals surface area contributed by atoms with E-state index in [0.29, 0.717) is 17.9 Å². The van der Waals surface area contributed by atoms with Gasteiger partial charge in [0.15, 0.2) is 17.2 Å². The lowest BCUT2D eigenvalue weighted by atomic mass is 10.1. The quantitative estimate of drug-likeness (QED) is 0.540. The van der Waals surface area contributed by atoms with Crippen LogP contribution < -0.4 is 16.2 Å². The number of nitrogens with zero attached hydrogens (tertiary/aromatic N) is 3. The van der Waals surface area contributed by atoms with E-state index in [9.17, 15) is 14.0 Å². The van der Waals surface area contributed by atoms with Crippen LogP contribution in [-0.2, 0) is 0 Å². The van der Waals surface area contributed by atoms with E-state index >= 15 is 0 Å². The molecule has 3 N–H and O–H groups in total. The summed E-state index contributed by atoms with van der Waals surface area (Å²) < 4.78 is 21.0. The zero-order valence-corrected chi connectivity index (χ0v) is 15.3. The molecule has 0 aliphatic carbocycles. The minimum atomic E-state index is -0.852. The Hall–Kier alpha value is -4.01. The van der Waals surface area contributed by atoms with Crippen LogP contribution >= 0.6 is 0 Å². The number of imidazole rings is 1. The number of carbonyl (C=O) groups is 1. The van der Waals surface area contributed by atoms with Gasteiger partial charge in [0.2, 0.25) is 0 Å². The highest BCUT2D eigenvalue weighted by atomic mass is 19.1. The van der Waals surface area contributed by atoms with Crippen molar-refractivity contribution in [3.63, 3.8) is 0 Å². The second kappa shape index (κ2) is 7.19. The van der Waals surface area contributed by atoms with Gasteiger partial charge in [0.1, 0.15) is 17.1 Å². The zero-order chi connectivity index (χ0) is 20.5. The lowest BCUT2D eigenvalue weighted by Gasteiger charge is -2.10. The maximum atomic E-state index is 14.4. The Bertz CT molecular complexity index is 1300. The molecule has 9 heteroatoms. The third-order valence-electron chi connectivity index (χ3n) is 4.29. The lowest BCUT2D eigenvalue weighted by molar-refractivity contribution is 0.0997. The van der Waals surface area contributed by atoms with Crippen molar-refractivity contribution in [3.8, 4) is 22.8 Å². The summed E-state index contributed by atoms with van der Waals surface area (Å²) >= 11 is 0. The molecular weight excluding hydrogens is 377 g/mol. The van der Waals surface area contributed by atoms with E-state index in [4.69, 9.17) is 10.5 Å². The van der Waals surface area contributed by atoms with Gasteiger partial charge in [-0.15, -0.1) is 0 Å². The van der Waals surface area contributed by atoms with E-state index < -0.39 is 17.4 Å². The fourth-order valence-electron chi connectivity index (χ4n) is 3.07. The molecule has 4 rings (SSSR count). The number of hydrogen-bond donors (Lipinski definition) is 2. The summed E-state index contributed by atoms with van der Waals surface area (Å²) in [6, 6.07) is 12.7. The molecule has 1 amide bonds. The molecule has 0 fully saturated rings. The van der Waals surface area contributed by atoms with Crippen LogP contribution in [0.1, 0.15) is 17.4 Å². The predicted octanol–water partition coefficient (Wildman–Crippen LogP) is 2.41. The summed E-state index contributed by atoms with van der Waals surface area (Å²) in [5.41, 5.74) is 5.20. The van der Waals surface area contributed by atoms with Gasteiger partial charge in [-0.05, 0) is 31.2 Å². The van der Waals surface area contributed by atoms with Crippen molar-refractivity contribution in [2.45, 2.75) is 6.92 Å². The average Bonchev–Trinajstić information content (AvgIpc) is 3.04. The summed E-state index contributed by atoms with van der Waals surface area (Å²) in [4.78, 5) is 35.8. The smallest absolute Gasteiger partial charge is 0.332 e. The molecule has 29 heavy (non-hydrogen) atoms. The first-order chi connectivity index (χ1) is 14.0. The number of amides is 1. The van der Waals surface area contributed by atoms with Gasteiger partial charge in [0.25, 0.3) is 5.91 Å². The molecule has 0 saturated carbocycles.